The van der Waals surface area contributed by atoms with Crippen molar-refractivity contribution in [3.63, 3.8) is 0 Å². The Morgan fingerprint density at radius 2 is 1.76 bits per heavy atom. The zero-order valence-corrected chi connectivity index (χ0v) is 13.8. The van der Waals surface area contributed by atoms with Crippen LogP contribution < -0.4 is 3.51 Å². The van der Waals surface area contributed by atoms with E-state index in [1.807, 2.05) is 32.3 Å². The zero-order valence-electron chi connectivity index (χ0n) is 9.62. The van der Waals surface area contributed by atoms with E-state index < -0.39 is 20.8 Å². The van der Waals surface area contributed by atoms with E-state index in [0.29, 0.717) is 0 Å². The van der Waals surface area contributed by atoms with Crippen LogP contribution in [0.25, 0.3) is 0 Å². The van der Waals surface area contributed by atoms with Gasteiger partial charge in [-0.05, 0) is 0 Å². The van der Waals surface area contributed by atoms with Crippen molar-refractivity contribution in [2.45, 2.75) is 6.54 Å². The molecular weight excluding hydrogens is 360 g/mol. The summed E-state index contributed by atoms with van der Waals surface area (Å²) >= 11 is 6.97. The van der Waals surface area contributed by atoms with Crippen molar-refractivity contribution < 1.29 is 0 Å². The van der Waals surface area contributed by atoms with Crippen molar-refractivity contribution in [2.24, 2.45) is 6.30 Å². The molecule has 1 aromatic rings. The fraction of sp³-hybridized carbons (Fsp3) is 0.273. The van der Waals surface area contributed by atoms with Crippen molar-refractivity contribution >= 4 is 59.0 Å². The molecule has 0 saturated heterocycles. The van der Waals surface area contributed by atoms with Gasteiger partial charge in [0.25, 0.3) is 0 Å². The Labute approximate surface area is 120 Å². The van der Waals surface area contributed by atoms with Crippen molar-refractivity contribution in [1.29, 1.82) is 0 Å². The van der Waals surface area contributed by atoms with E-state index in [9.17, 15) is 0 Å². The summed E-state index contributed by atoms with van der Waals surface area (Å²) in [5.41, 5.74) is 1.23. The van der Waals surface area contributed by atoms with Crippen LogP contribution in [0.1, 0.15) is 5.56 Å². The first-order valence-corrected chi connectivity index (χ1v) is 9.25. The molecule has 0 fully saturated rings. The van der Waals surface area contributed by atoms with E-state index in [4.69, 9.17) is 0 Å². The molecule has 1 rings (SSSR count). The first-order chi connectivity index (χ1) is 8.19. The third-order valence-electron chi connectivity index (χ3n) is 1.96. The van der Waals surface area contributed by atoms with Crippen LogP contribution in [0.2, 0.25) is 0 Å². The molecule has 0 N–H and O–H groups in total. The summed E-state index contributed by atoms with van der Waals surface area (Å²) < 4.78 is 9.54. The van der Waals surface area contributed by atoms with Crippen LogP contribution >= 0.6 is 24.4 Å². The summed E-state index contributed by atoms with van der Waals surface area (Å²) in [6.07, 6.45) is 0. The van der Waals surface area contributed by atoms with Crippen molar-refractivity contribution in [3.8, 4) is 0 Å². The summed E-state index contributed by atoms with van der Waals surface area (Å²) in [6.45, 7) is 0.858. The second-order valence-corrected chi connectivity index (χ2v) is 8.07. The number of isothiocyanates is 2. The van der Waals surface area contributed by atoms with Gasteiger partial charge < -0.3 is 0 Å². The van der Waals surface area contributed by atoms with Crippen LogP contribution in [-0.2, 0) is 6.54 Å². The zero-order chi connectivity index (χ0) is 12.7. The van der Waals surface area contributed by atoms with Crippen molar-refractivity contribution in [2.75, 3.05) is 14.1 Å². The molecule has 0 radical (unpaired) electrons. The monoisotopic (exact) mass is 371 g/mol. The average Bonchev–Trinajstić information content (AvgIpc) is 2.29. The summed E-state index contributed by atoms with van der Waals surface area (Å²) in [7, 11) is 4.06. The van der Waals surface area contributed by atoms with Crippen LogP contribution in [0.4, 0.5) is 0 Å². The molecule has 0 heterocycles. The van der Waals surface area contributed by atoms with Crippen LogP contribution in [0, 0.1) is 0 Å². The molecule has 0 aliphatic carbocycles. The fourth-order valence-electron chi connectivity index (χ4n) is 1.39. The topological polar surface area (TPSA) is 28.0 Å². The molecule has 1 aromatic carbocycles. The van der Waals surface area contributed by atoms with E-state index in [-0.39, 0.29) is 0 Å². The Morgan fingerprint density at radius 1 is 1.18 bits per heavy atom. The number of rotatable bonds is 5. The maximum atomic E-state index is 4.67. The van der Waals surface area contributed by atoms with Crippen molar-refractivity contribution in [1.82, 2.24) is 4.90 Å². The molecule has 6 heteroatoms. The summed E-state index contributed by atoms with van der Waals surface area (Å²) in [5, 5.41) is 4.86. The minimum atomic E-state index is -2.37. The van der Waals surface area contributed by atoms with Gasteiger partial charge in [-0.2, -0.15) is 0 Å². The van der Waals surface area contributed by atoms with Gasteiger partial charge in [0.2, 0.25) is 0 Å². The summed E-state index contributed by atoms with van der Waals surface area (Å²) in [5.74, 6) is 0. The number of nitrogens with zero attached hydrogens (tertiary/aromatic N) is 3. The average molecular weight is 372 g/mol. The van der Waals surface area contributed by atoms with E-state index in [2.05, 4.69) is 52.0 Å². The van der Waals surface area contributed by atoms with Gasteiger partial charge in [-0.15, -0.1) is 0 Å². The van der Waals surface area contributed by atoms with Crippen molar-refractivity contribution in [3.05, 3.63) is 29.8 Å². The van der Waals surface area contributed by atoms with Gasteiger partial charge in [0.15, 0.2) is 0 Å². The van der Waals surface area contributed by atoms with E-state index in [1.165, 1.54) is 9.07 Å². The molecule has 0 aliphatic heterocycles. The van der Waals surface area contributed by atoms with Gasteiger partial charge in [-0.3, -0.25) is 0 Å². The van der Waals surface area contributed by atoms with Gasteiger partial charge in [-0.25, -0.2) is 0 Å². The standard InChI is InChI=1S/C9H12N.2CNS.Sb/c1-10(2)8-9-6-4-3-5-7-9;2*2-1-3;/h3-6H,8H2,1-2H3;;;/q;2*-1;+2. The van der Waals surface area contributed by atoms with Crippen LogP contribution in [0.3, 0.4) is 0 Å². The first-order valence-electron chi connectivity index (χ1n) is 4.87. The molecule has 0 aromatic heterocycles. The number of hydrogen-bond donors (Lipinski definition) is 0. The second kappa shape index (κ2) is 7.83. The third-order valence-corrected chi connectivity index (χ3v) is 7.08. The van der Waals surface area contributed by atoms with Crippen LogP contribution in [0.5, 0.6) is 0 Å². The van der Waals surface area contributed by atoms with Gasteiger partial charge >= 0.3 is 121 Å². The normalized spacial score (nSPS) is 9.88. The predicted molar refractivity (Wildman–Crippen MR) is 79.3 cm³/mol. The molecule has 0 saturated carbocycles. The van der Waals surface area contributed by atoms with E-state index in [0.717, 1.165) is 6.54 Å². The molecule has 0 bridgehead atoms. The molecule has 17 heavy (non-hydrogen) atoms. The van der Waals surface area contributed by atoms with E-state index >= 15 is 0 Å². The SMILES string of the molecule is CN(C)Cc1cccc[c]1[Sb]([N]=C=S)[N]=C=S. The minimum absolute atomic E-state index is 0.858. The molecule has 0 spiro atoms. The summed E-state index contributed by atoms with van der Waals surface area (Å²) in [6, 6.07) is 8.14. The molecule has 3 nitrogen and oxygen atoms in total. The van der Waals surface area contributed by atoms with Gasteiger partial charge in [0.05, 0.1) is 0 Å². The Hall–Kier alpha value is -0.402. The van der Waals surface area contributed by atoms with Crippen LogP contribution in [-0.4, -0.2) is 50.1 Å². The number of benzene rings is 1. The quantitative estimate of drug-likeness (QED) is 0.447. The number of thiocarbonyl (C=S) groups is 2. The third kappa shape index (κ3) is 4.77. The van der Waals surface area contributed by atoms with Gasteiger partial charge in [0.1, 0.15) is 0 Å². The molecule has 88 valence electrons. The Morgan fingerprint density at radius 3 is 2.29 bits per heavy atom. The molecule has 0 amide bonds. The summed E-state index contributed by atoms with van der Waals surface area (Å²) in [4.78, 5) is 2.11. The Bertz CT molecular complexity index is 459. The Kier molecular flexibility index (Phi) is 6.76. The van der Waals surface area contributed by atoms with E-state index in [1.54, 1.807) is 0 Å². The maximum absolute atomic E-state index is 4.67. The fourth-order valence-corrected chi connectivity index (χ4v) is 5.38. The molecule has 0 aliphatic rings. The van der Waals surface area contributed by atoms with Crippen LogP contribution in [0.15, 0.2) is 30.6 Å². The second-order valence-electron chi connectivity index (χ2n) is 3.54. The van der Waals surface area contributed by atoms with Gasteiger partial charge in [-0.1, -0.05) is 0 Å². The first kappa shape index (κ1) is 14.7. The van der Waals surface area contributed by atoms with Gasteiger partial charge in [0, 0.05) is 0 Å². The molecule has 0 atom stereocenters. The Balaban J connectivity index is 3.17. The molecule has 0 unspecified atom stereocenters. The number of hydrogen-bond acceptors (Lipinski definition) is 5. The molecular formula is C11H12N3S2Sb. The predicted octanol–water partition coefficient (Wildman–Crippen LogP) is 1.65.